The zero-order chi connectivity index (χ0) is 23.2. The molecule has 0 aliphatic heterocycles. The molecule has 33 heavy (non-hydrogen) atoms. The third-order valence-electron chi connectivity index (χ3n) is 5.35. The van der Waals surface area contributed by atoms with Gasteiger partial charge in [-0.15, -0.1) is 0 Å². The largest absolute Gasteiger partial charge is 0.497 e. The third kappa shape index (κ3) is 5.03. The van der Waals surface area contributed by atoms with E-state index in [1.54, 1.807) is 43.3 Å². The summed E-state index contributed by atoms with van der Waals surface area (Å²) in [5, 5.41) is 5.47. The summed E-state index contributed by atoms with van der Waals surface area (Å²) in [5.41, 5.74) is 0.951. The van der Waals surface area contributed by atoms with Crippen LogP contribution in [0, 0.1) is 0 Å². The van der Waals surface area contributed by atoms with Gasteiger partial charge in [0.25, 0.3) is 11.5 Å². The molecule has 0 fully saturated rings. The third-order valence-corrected chi connectivity index (χ3v) is 5.35. The van der Waals surface area contributed by atoms with Crippen LogP contribution in [0.5, 0.6) is 11.5 Å². The summed E-state index contributed by atoms with van der Waals surface area (Å²) < 4.78 is 12.2. The average Bonchev–Trinajstić information content (AvgIpc) is 2.86. The predicted octanol–water partition coefficient (Wildman–Crippen LogP) is 3.60. The molecule has 0 saturated carbocycles. The Balaban J connectivity index is 1.54. The van der Waals surface area contributed by atoms with Crippen LogP contribution in [0.2, 0.25) is 0 Å². The first-order valence-corrected chi connectivity index (χ1v) is 10.6. The second kappa shape index (κ2) is 9.99. The van der Waals surface area contributed by atoms with Gasteiger partial charge in [-0.25, -0.2) is 4.68 Å². The Hall–Kier alpha value is -4.13. The molecule has 0 spiro atoms. The number of carbonyl (C=O) groups is 1. The molecule has 0 aliphatic carbocycles. The molecule has 0 N–H and O–H groups in total. The number of benzene rings is 3. The highest BCUT2D eigenvalue weighted by atomic mass is 16.5. The lowest BCUT2D eigenvalue weighted by Gasteiger charge is -2.19. The molecule has 0 unspecified atom stereocenters. The molecule has 4 rings (SSSR count). The standard InChI is InChI=1S/C26H25N3O4/c1-28(16-17-33-21-14-12-20(32-2)13-15-21)26(31)24-22-10-6-7-11-23(22)25(30)29(27-24)18-19-8-4-3-5-9-19/h3-15H,16-18H2,1-2H3. The number of rotatable bonds is 8. The molecule has 1 aromatic heterocycles. The van der Waals surface area contributed by atoms with Crippen molar-refractivity contribution in [2.75, 3.05) is 27.3 Å². The highest BCUT2D eigenvalue weighted by Crippen LogP contribution is 2.18. The molecular weight excluding hydrogens is 418 g/mol. The Bertz CT molecular complexity index is 1300. The zero-order valence-corrected chi connectivity index (χ0v) is 18.6. The summed E-state index contributed by atoms with van der Waals surface area (Å²) in [7, 11) is 3.31. The number of methoxy groups -OCH3 is 1. The molecule has 1 amide bonds. The molecule has 0 bridgehead atoms. The minimum absolute atomic E-state index is 0.225. The van der Waals surface area contributed by atoms with E-state index in [4.69, 9.17) is 9.47 Å². The van der Waals surface area contributed by atoms with Crippen LogP contribution in [-0.4, -0.2) is 47.9 Å². The van der Waals surface area contributed by atoms with Crippen LogP contribution in [0.4, 0.5) is 0 Å². The molecule has 3 aromatic carbocycles. The Morgan fingerprint density at radius 1 is 0.909 bits per heavy atom. The fourth-order valence-corrected chi connectivity index (χ4v) is 3.51. The average molecular weight is 444 g/mol. The van der Waals surface area contributed by atoms with Crippen molar-refractivity contribution in [3.8, 4) is 11.5 Å². The molecule has 0 atom stereocenters. The van der Waals surface area contributed by atoms with Gasteiger partial charge in [0.15, 0.2) is 5.69 Å². The van der Waals surface area contributed by atoms with Gasteiger partial charge in [0, 0.05) is 12.4 Å². The maximum atomic E-state index is 13.3. The van der Waals surface area contributed by atoms with Crippen molar-refractivity contribution >= 4 is 16.7 Å². The van der Waals surface area contributed by atoms with Crippen molar-refractivity contribution in [2.24, 2.45) is 0 Å². The summed E-state index contributed by atoms with van der Waals surface area (Å²) in [5.74, 6) is 1.17. The SMILES string of the molecule is COc1ccc(OCCN(C)C(=O)c2nn(Cc3ccccc3)c(=O)c3ccccc23)cc1. The number of hydrogen-bond donors (Lipinski definition) is 0. The number of carbonyl (C=O) groups excluding carboxylic acids is 1. The molecule has 1 heterocycles. The first kappa shape index (κ1) is 22.1. The summed E-state index contributed by atoms with van der Waals surface area (Å²) in [6.07, 6.45) is 0. The van der Waals surface area contributed by atoms with E-state index in [2.05, 4.69) is 5.10 Å². The van der Waals surface area contributed by atoms with Crippen molar-refractivity contribution in [1.29, 1.82) is 0 Å². The second-order valence-corrected chi connectivity index (χ2v) is 7.59. The Morgan fingerprint density at radius 3 is 2.24 bits per heavy atom. The summed E-state index contributed by atoms with van der Waals surface area (Å²) >= 11 is 0. The van der Waals surface area contributed by atoms with Gasteiger partial charge in [-0.1, -0.05) is 48.5 Å². The van der Waals surface area contributed by atoms with Crippen LogP contribution >= 0.6 is 0 Å². The van der Waals surface area contributed by atoms with E-state index in [1.807, 2.05) is 54.6 Å². The molecule has 0 aliphatic rings. The van der Waals surface area contributed by atoms with E-state index in [-0.39, 0.29) is 23.7 Å². The van der Waals surface area contributed by atoms with Crippen molar-refractivity contribution in [3.05, 3.63) is 100 Å². The molecular formula is C26H25N3O4. The maximum absolute atomic E-state index is 13.3. The van der Waals surface area contributed by atoms with Crippen molar-refractivity contribution in [1.82, 2.24) is 14.7 Å². The minimum atomic E-state index is -0.272. The van der Waals surface area contributed by atoms with E-state index < -0.39 is 0 Å². The lowest BCUT2D eigenvalue weighted by Crippen LogP contribution is -2.34. The number of aromatic nitrogens is 2. The van der Waals surface area contributed by atoms with Gasteiger partial charge in [0.05, 0.1) is 25.6 Å². The quantitative estimate of drug-likeness (QED) is 0.416. The fourth-order valence-electron chi connectivity index (χ4n) is 3.51. The van der Waals surface area contributed by atoms with Gasteiger partial charge in [0.2, 0.25) is 0 Å². The van der Waals surface area contributed by atoms with Crippen LogP contribution < -0.4 is 15.0 Å². The lowest BCUT2D eigenvalue weighted by atomic mass is 10.1. The number of fused-ring (bicyclic) bond motifs is 1. The first-order chi connectivity index (χ1) is 16.1. The fraction of sp³-hybridized carbons (Fsp3) is 0.192. The van der Waals surface area contributed by atoms with E-state index in [1.165, 1.54) is 4.68 Å². The number of amides is 1. The lowest BCUT2D eigenvalue weighted by molar-refractivity contribution is 0.0767. The molecule has 168 valence electrons. The topological polar surface area (TPSA) is 73.7 Å². The van der Waals surface area contributed by atoms with Gasteiger partial charge in [-0.3, -0.25) is 9.59 Å². The van der Waals surface area contributed by atoms with Gasteiger partial charge >= 0.3 is 0 Å². The van der Waals surface area contributed by atoms with E-state index >= 15 is 0 Å². The van der Waals surface area contributed by atoms with Gasteiger partial charge in [0.1, 0.15) is 18.1 Å². The number of likely N-dealkylation sites (N-methyl/N-ethyl adjacent to an activating group) is 1. The molecule has 7 nitrogen and oxygen atoms in total. The predicted molar refractivity (Wildman–Crippen MR) is 127 cm³/mol. The Labute approximate surface area is 191 Å². The van der Waals surface area contributed by atoms with Crippen LogP contribution in [0.25, 0.3) is 10.8 Å². The van der Waals surface area contributed by atoms with Crippen LogP contribution in [0.3, 0.4) is 0 Å². The Kier molecular flexibility index (Phi) is 6.69. The second-order valence-electron chi connectivity index (χ2n) is 7.59. The minimum Gasteiger partial charge on any atom is -0.497 e. The zero-order valence-electron chi connectivity index (χ0n) is 18.6. The smallest absolute Gasteiger partial charge is 0.274 e. The van der Waals surface area contributed by atoms with Crippen LogP contribution in [0.1, 0.15) is 16.1 Å². The molecule has 7 heteroatoms. The van der Waals surface area contributed by atoms with E-state index in [0.29, 0.717) is 29.7 Å². The summed E-state index contributed by atoms with van der Waals surface area (Å²) in [6.45, 7) is 0.962. The van der Waals surface area contributed by atoms with Gasteiger partial charge < -0.3 is 14.4 Å². The van der Waals surface area contributed by atoms with Crippen LogP contribution in [-0.2, 0) is 6.54 Å². The van der Waals surface area contributed by atoms with Gasteiger partial charge in [-0.2, -0.15) is 5.10 Å². The molecule has 0 saturated heterocycles. The number of nitrogens with zero attached hydrogens (tertiary/aromatic N) is 3. The first-order valence-electron chi connectivity index (χ1n) is 10.6. The summed E-state index contributed by atoms with van der Waals surface area (Å²) in [4.78, 5) is 27.8. The maximum Gasteiger partial charge on any atom is 0.274 e. The monoisotopic (exact) mass is 443 g/mol. The van der Waals surface area contributed by atoms with Crippen molar-refractivity contribution < 1.29 is 14.3 Å². The van der Waals surface area contributed by atoms with Gasteiger partial charge in [-0.05, 0) is 35.9 Å². The number of hydrogen-bond acceptors (Lipinski definition) is 5. The van der Waals surface area contributed by atoms with E-state index in [0.717, 1.165) is 11.3 Å². The molecule has 0 radical (unpaired) electrons. The highest BCUT2D eigenvalue weighted by Gasteiger charge is 2.20. The number of ether oxygens (including phenoxy) is 2. The van der Waals surface area contributed by atoms with E-state index in [9.17, 15) is 9.59 Å². The van der Waals surface area contributed by atoms with Crippen LogP contribution in [0.15, 0.2) is 83.7 Å². The molecule has 4 aromatic rings. The normalized spacial score (nSPS) is 10.7. The summed E-state index contributed by atoms with van der Waals surface area (Å²) in [6, 6.07) is 23.9. The Morgan fingerprint density at radius 2 is 1.55 bits per heavy atom. The van der Waals surface area contributed by atoms with Crippen molar-refractivity contribution in [2.45, 2.75) is 6.54 Å². The highest BCUT2D eigenvalue weighted by molar-refractivity contribution is 6.04. The van der Waals surface area contributed by atoms with Crippen molar-refractivity contribution in [3.63, 3.8) is 0 Å².